The highest BCUT2D eigenvalue weighted by Crippen LogP contribution is 2.61. The fourth-order valence-electron chi connectivity index (χ4n) is 5.54. The fourth-order valence-corrected chi connectivity index (χ4v) is 5.73. The summed E-state index contributed by atoms with van der Waals surface area (Å²) in [5.74, 6) is 0.202. The molecule has 0 aromatic carbocycles. The molecule has 2 N–H and O–H groups in total. The molecule has 4 aliphatic carbocycles. The molecule has 0 aliphatic heterocycles. The van der Waals surface area contributed by atoms with E-state index in [1.807, 2.05) is 0 Å². The van der Waals surface area contributed by atoms with E-state index in [0.717, 1.165) is 19.3 Å². The van der Waals surface area contributed by atoms with Crippen LogP contribution in [0.5, 0.6) is 0 Å². The van der Waals surface area contributed by atoms with Crippen molar-refractivity contribution in [2.75, 3.05) is 7.11 Å². The first-order valence-electron chi connectivity index (χ1n) is 8.68. The average molecular weight is 417 g/mol. The molecule has 0 heterocycles. The summed E-state index contributed by atoms with van der Waals surface area (Å²) in [6.45, 7) is 3.41. The Morgan fingerprint density at radius 1 is 1.20 bits per heavy atom. The molecule has 7 nitrogen and oxygen atoms in total. The number of nitrogens with one attached hydrogen (secondary N) is 1. The molecule has 4 aliphatic rings. The van der Waals surface area contributed by atoms with E-state index in [0.29, 0.717) is 18.8 Å². The van der Waals surface area contributed by atoms with Gasteiger partial charge >= 0.3 is 12.1 Å². The quantitative estimate of drug-likeness (QED) is 0.418. The molecule has 0 aromatic heterocycles. The lowest BCUT2D eigenvalue weighted by Gasteiger charge is -2.60. The predicted molar refractivity (Wildman–Crippen MR) is 92.8 cm³/mol. The van der Waals surface area contributed by atoms with Crippen LogP contribution in [0, 0.1) is 23.2 Å². The molecule has 2 atom stereocenters. The third-order valence-electron chi connectivity index (χ3n) is 6.08. The summed E-state index contributed by atoms with van der Waals surface area (Å²) in [7, 11) is 1.42. The molecule has 0 radical (unpaired) electrons. The Kier molecular flexibility index (Phi) is 4.54. The number of carboxylic acid groups (broad SMARTS) is 1. The number of nitrogens with zero attached hydrogens (tertiary/aromatic N) is 1. The van der Waals surface area contributed by atoms with E-state index in [1.165, 1.54) is 12.1 Å². The number of ether oxygens (including phenoxy) is 1. The molecule has 25 heavy (non-hydrogen) atoms. The Bertz CT molecular complexity index is 586. The first-order valence-corrected chi connectivity index (χ1v) is 9.47. The highest BCUT2D eigenvalue weighted by Gasteiger charge is 2.61. The summed E-state index contributed by atoms with van der Waals surface area (Å²) < 4.78 is 4.19. The van der Waals surface area contributed by atoms with Gasteiger partial charge in [-0.05, 0) is 63.7 Å². The van der Waals surface area contributed by atoms with Gasteiger partial charge in [-0.25, -0.2) is 15.2 Å². The number of hydrogen-bond acceptors (Lipinski definition) is 4. The average Bonchev–Trinajstić information content (AvgIpc) is 2.50. The molecule has 140 valence electrons. The summed E-state index contributed by atoms with van der Waals surface area (Å²) in [5, 5.41) is 10.5. The predicted octanol–water partition coefficient (Wildman–Crippen LogP) is 2.54. The Hall–Kier alpha value is -1.31. The van der Waals surface area contributed by atoms with E-state index in [1.54, 1.807) is 13.8 Å². The van der Waals surface area contributed by atoms with Gasteiger partial charge in [-0.3, -0.25) is 9.59 Å². The van der Waals surface area contributed by atoms with Crippen LogP contribution in [0.15, 0.2) is 0 Å². The fraction of sp³-hybridized carbons (Fsp3) is 0.824. The van der Waals surface area contributed by atoms with Crippen molar-refractivity contribution in [1.29, 1.82) is 0 Å². The molecule has 4 fully saturated rings. The number of carbonyl (C=O) groups excluding carboxylic acids is 2. The largest absolute Gasteiger partial charge is 0.469 e. The highest BCUT2D eigenvalue weighted by atomic mass is 79.9. The number of halogens is 1. The molecule has 0 spiro atoms. The number of esters is 1. The topological polar surface area (TPSA) is 95.9 Å². The summed E-state index contributed by atoms with van der Waals surface area (Å²) in [5.41, 5.74) is 1.87. The van der Waals surface area contributed by atoms with Crippen molar-refractivity contribution in [2.45, 2.75) is 56.3 Å². The van der Waals surface area contributed by atoms with Crippen molar-refractivity contribution < 1.29 is 24.2 Å². The van der Waals surface area contributed by atoms with Gasteiger partial charge in [-0.1, -0.05) is 15.9 Å². The van der Waals surface area contributed by atoms with Crippen LogP contribution in [0.2, 0.25) is 0 Å². The van der Waals surface area contributed by atoms with Crippen LogP contribution in [0.1, 0.15) is 46.0 Å². The normalized spacial score (nSPS) is 36.0. The van der Waals surface area contributed by atoms with E-state index in [2.05, 4.69) is 21.4 Å². The van der Waals surface area contributed by atoms with Gasteiger partial charge in [0.2, 0.25) is 0 Å². The third-order valence-corrected chi connectivity index (χ3v) is 6.42. The lowest BCUT2D eigenvalue weighted by molar-refractivity contribution is -0.181. The second-order valence-corrected chi connectivity index (χ2v) is 10.3. The minimum atomic E-state index is -1.25. The van der Waals surface area contributed by atoms with Crippen molar-refractivity contribution in [1.82, 2.24) is 10.4 Å². The van der Waals surface area contributed by atoms with Gasteiger partial charge in [-0.2, -0.15) is 0 Å². The second-order valence-electron chi connectivity index (χ2n) is 8.30. The molecular weight excluding hydrogens is 392 g/mol. The summed E-state index contributed by atoms with van der Waals surface area (Å²) in [6.07, 6.45) is 2.77. The van der Waals surface area contributed by atoms with Crippen LogP contribution >= 0.6 is 15.9 Å². The van der Waals surface area contributed by atoms with Crippen molar-refractivity contribution in [3.8, 4) is 0 Å². The lowest BCUT2D eigenvalue weighted by atomic mass is 9.47. The van der Waals surface area contributed by atoms with Gasteiger partial charge < -0.3 is 9.84 Å². The molecule has 4 rings (SSSR count). The van der Waals surface area contributed by atoms with Crippen LogP contribution in [0.3, 0.4) is 0 Å². The Labute approximate surface area is 155 Å². The smallest absolute Gasteiger partial charge is 0.423 e. The number of alkyl halides is 1. The molecule has 0 saturated heterocycles. The molecule has 0 aromatic rings. The zero-order valence-electron chi connectivity index (χ0n) is 14.8. The SMILES string of the molecule is COC(=O)C12CC3C[C@@H](C1)C(N(NC(=O)O)C(=O)C(C)(C)Br)[C@@H](C3)C2. The lowest BCUT2D eigenvalue weighted by Crippen LogP contribution is -2.66. The van der Waals surface area contributed by atoms with Crippen LogP contribution in [0.25, 0.3) is 0 Å². The maximum atomic E-state index is 12.9. The molecule has 8 heteroatoms. The van der Waals surface area contributed by atoms with E-state index < -0.39 is 15.8 Å². The Balaban J connectivity index is 1.91. The maximum absolute atomic E-state index is 12.9. The van der Waals surface area contributed by atoms with E-state index >= 15 is 0 Å². The standard InChI is InChI=1S/C17H25BrN2O5/c1-16(2,18)13(21)20(19-15(23)24)12-10-4-9-5-11(12)8-17(6-9,7-10)14(22)25-3/h9-12,19H,4-8H2,1-3H3,(H,23,24)/t9?,10-,11-,12?,17?/m0/s1. The molecule has 4 saturated carbocycles. The summed E-state index contributed by atoms with van der Waals surface area (Å²) in [6, 6.07) is -0.213. The molecule has 2 amide bonds. The van der Waals surface area contributed by atoms with Crippen LogP contribution in [-0.4, -0.2) is 45.6 Å². The second kappa shape index (κ2) is 6.14. The first kappa shape index (κ1) is 18.5. The highest BCUT2D eigenvalue weighted by molar-refractivity contribution is 9.10. The van der Waals surface area contributed by atoms with Gasteiger partial charge in [-0.15, -0.1) is 0 Å². The molecule has 0 unspecified atom stereocenters. The van der Waals surface area contributed by atoms with Crippen molar-refractivity contribution in [3.05, 3.63) is 0 Å². The maximum Gasteiger partial charge on any atom is 0.423 e. The van der Waals surface area contributed by atoms with Gasteiger partial charge in [0.25, 0.3) is 5.91 Å². The van der Waals surface area contributed by atoms with Crippen LogP contribution < -0.4 is 5.43 Å². The van der Waals surface area contributed by atoms with Gasteiger partial charge in [0.15, 0.2) is 0 Å². The zero-order chi connectivity index (χ0) is 18.6. The third kappa shape index (κ3) is 3.13. The number of hydrazine groups is 1. The summed E-state index contributed by atoms with van der Waals surface area (Å²) in [4.78, 5) is 36.5. The minimum Gasteiger partial charge on any atom is -0.469 e. The minimum absolute atomic E-state index is 0.107. The van der Waals surface area contributed by atoms with E-state index in [9.17, 15) is 19.5 Å². The van der Waals surface area contributed by atoms with Crippen LogP contribution in [0.4, 0.5) is 4.79 Å². The van der Waals surface area contributed by atoms with Crippen LogP contribution in [-0.2, 0) is 14.3 Å². The Morgan fingerprint density at radius 3 is 2.20 bits per heavy atom. The van der Waals surface area contributed by atoms with Gasteiger partial charge in [0.05, 0.1) is 18.6 Å². The zero-order valence-corrected chi connectivity index (χ0v) is 16.3. The number of methoxy groups -OCH3 is 1. The molecule has 4 bridgehead atoms. The van der Waals surface area contributed by atoms with Crippen molar-refractivity contribution in [3.63, 3.8) is 0 Å². The number of rotatable bonds is 3. The Morgan fingerprint density at radius 2 is 1.76 bits per heavy atom. The van der Waals surface area contributed by atoms with E-state index in [4.69, 9.17) is 4.74 Å². The number of hydrogen-bond donors (Lipinski definition) is 2. The number of carbonyl (C=O) groups is 3. The van der Waals surface area contributed by atoms with E-state index in [-0.39, 0.29) is 29.8 Å². The first-order chi connectivity index (χ1) is 11.6. The monoisotopic (exact) mass is 416 g/mol. The summed E-state index contributed by atoms with van der Waals surface area (Å²) >= 11 is 3.35. The van der Waals surface area contributed by atoms with Crippen molar-refractivity contribution in [2.24, 2.45) is 23.2 Å². The van der Waals surface area contributed by atoms with Crippen molar-refractivity contribution >= 4 is 33.9 Å². The number of amides is 2. The van der Waals surface area contributed by atoms with Gasteiger partial charge in [0, 0.05) is 0 Å². The van der Waals surface area contributed by atoms with Gasteiger partial charge in [0.1, 0.15) is 4.32 Å². The molecular formula is C17H25BrN2O5.